The van der Waals surface area contributed by atoms with E-state index in [0.29, 0.717) is 0 Å². The van der Waals surface area contributed by atoms with Gasteiger partial charge in [0.1, 0.15) is 0 Å². The number of nitrogens with zero attached hydrogens (tertiary/aromatic N) is 10. The van der Waals surface area contributed by atoms with Crippen molar-refractivity contribution in [2.45, 2.75) is 57.8 Å². The average molecular weight is 1770 g/mol. The molecule has 0 amide bonds. The molecule has 0 N–H and O–H groups in total. The first kappa shape index (κ1) is 81.3. The molecule has 3 aliphatic carbocycles. The molecule has 0 unspecified atom stereocenters. The Morgan fingerprint density at radius 1 is 0.203 bits per heavy atom. The number of aromatic nitrogens is 10. The maximum atomic E-state index is 5.13. The molecule has 10 aromatic heterocycles. The number of rotatable bonds is 10. The SMILES string of the molecule is CC1(C)c2ccccc2-c2c1c1c(c3ccccc23)c2ccccc2n1-c1cc(-c2ccccn2)nc(-c2ccccn2)c1.CC1(C)c2ccccc2-c2c1c1c(c3ccccc23)c2ccccc2n1-c1cc(-c2cccnc2)nc(-c2cccnc2)c1.CC1(C)c2ccccc2-c2c1c1c(c3ccccc23)c2ccccc2n1-c1ccc(-c2cc(-c3ccccc3)nc(-c3ccccc3)c2)cc1. The van der Waals surface area contributed by atoms with Crippen LogP contribution in [0.3, 0.4) is 0 Å². The first-order valence-electron chi connectivity index (χ1n) is 47.5. The molecule has 0 spiro atoms. The van der Waals surface area contributed by atoms with Crippen LogP contribution in [0.4, 0.5) is 0 Å². The van der Waals surface area contributed by atoms with E-state index in [1.54, 1.807) is 12.4 Å². The van der Waals surface area contributed by atoms with Gasteiger partial charge in [0.05, 0.1) is 90.0 Å². The molecule has 10 nitrogen and oxygen atoms in total. The highest BCUT2D eigenvalue weighted by Gasteiger charge is 2.44. The molecule has 0 saturated carbocycles. The number of benzene rings is 15. The van der Waals surface area contributed by atoms with Crippen LogP contribution in [0.25, 0.3) is 227 Å². The topological polar surface area (TPSA) is 105 Å². The van der Waals surface area contributed by atoms with Gasteiger partial charge in [0.15, 0.2) is 0 Å². The maximum Gasteiger partial charge on any atom is 0.0915 e. The van der Waals surface area contributed by atoms with Crippen LogP contribution in [0, 0.1) is 0 Å². The highest BCUT2D eigenvalue weighted by atomic mass is 15.0. The predicted octanol–water partition coefficient (Wildman–Crippen LogP) is 32.2. The summed E-state index contributed by atoms with van der Waals surface area (Å²) in [6.45, 7) is 14.3. The summed E-state index contributed by atoms with van der Waals surface area (Å²) in [5.74, 6) is 0. The normalized spacial score (nSPS) is 13.3. The van der Waals surface area contributed by atoms with Crippen LogP contribution < -0.4 is 0 Å². The molecular weight excluding hydrogens is 1680 g/mol. The van der Waals surface area contributed by atoms with Crippen molar-refractivity contribution in [1.29, 1.82) is 0 Å². The zero-order valence-corrected chi connectivity index (χ0v) is 77.0. The van der Waals surface area contributed by atoms with Gasteiger partial charge in [0.2, 0.25) is 0 Å². The number of hydrogen-bond donors (Lipinski definition) is 0. The molecule has 15 aromatic carbocycles. The molecule has 652 valence electrons. The minimum absolute atomic E-state index is 0.168. The van der Waals surface area contributed by atoms with E-state index in [1.165, 1.54) is 159 Å². The van der Waals surface area contributed by atoms with Crippen molar-refractivity contribution in [3.8, 4) is 129 Å². The van der Waals surface area contributed by atoms with Crippen molar-refractivity contribution in [2.75, 3.05) is 0 Å². The molecule has 0 aliphatic heterocycles. The van der Waals surface area contributed by atoms with E-state index >= 15 is 0 Å². The Kier molecular flexibility index (Phi) is 18.8. The van der Waals surface area contributed by atoms with Gasteiger partial charge in [-0.05, 0) is 225 Å². The second kappa shape index (κ2) is 31.9. The van der Waals surface area contributed by atoms with Gasteiger partial charge in [-0.25, -0.2) is 15.0 Å². The third-order valence-electron chi connectivity index (χ3n) is 29.3. The lowest BCUT2D eigenvalue weighted by Crippen LogP contribution is -2.16. The van der Waals surface area contributed by atoms with Gasteiger partial charge in [-0.1, -0.05) is 327 Å². The lowest BCUT2D eigenvalue weighted by Gasteiger charge is -2.24. The van der Waals surface area contributed by atoms with Gasteiger partial charge >= 0.3 is 0 Å². The van der Waals surface area contributed by atoms with Gasteiger partial charge in [-0.15, -0.1) is 0 Å². The Morgan fingerprint density at radius 3 is 0.855 bits per heavy atom. The molecule has 138 heavy (non-hydrogen) atoms. The van der Waals surface area contributed by atoms with E-state index in [2.05, 4.69) is 427 Å². The monoisotopic (exact) mass is 1770 g/mol. The molecular formula is C128H90N10. The number of pyridine rings is 7. The first-order chi connectivity index (χ1) is 67.8. The molecule has 28 rings (SSSR count). The van der Waals surface area contributed by atoms with E-state index in [1.807, 2.05) is 73.3 Å². The number of para-hydroxylation sites is 3. The van der Waals surface area contributed by atoms with Crippen LogP contribution in [0.1, 0.15) is 74.9 Å². The summed E-state index contributed by atoms with van der Waals surface area (Å²) in [6, 6.07) is 144. The van der Waals surface area contributed by atoms with Gasteiger partial charge in [0, 0.05) is 114 Å². The molecule has 10 heterocycles. The second-order valence-corrected chi connectivity index (χ2v) is 38.1. The molecule has 0 atom stereocenters. The van der Waals surface area contributed by atoms with E-state index in [4.69, 9.17) is 15.0 Å². The maximum absolute atomic E-state index is 5.13. The van der Waals surface area contributed by atoms with Crippen molar-refractivity contribution in [1.82, 2.24) is 48.6 Å². The Labute approximate surface area is 798 Å². The zero-order chi connectivity index (χ0) is 92.2. The van der Waals surface area contributed by atoms with Crippen LogP contribution in [0.5, 0.6) is 0 Å². The van der Waals surface area contributed by atoms with Crippen molar-refractivity contribution >= 4 is 97.7 Å². The summed E-state index contributed by atoms with van der Waals surface area (Å²) in [5.41, 5.74) is 39.8. The molecule has 0 fully saturated rings. The lowest BCUT2D eigenvalue weighted by atomic mass is 9.80. The molecule has 0 bridgehead atoms. The largest absolute Gasteiger partial charge is 0.309 e. The van der Waals surface area contributed by atoms with Crippen molar-refractivity contribution in [2.24, 2.45) is 0 Å². The summed E-state index contributed by atoms with van der Waals surface area (Å²) in [6.07, 6.45) is 11.0. The number of fused-ring (bicyclic) bond motifs is 30. The summed E-state index contributed by atoms with van der Waals surface area (Å²) < 4.78 is 7.46. The van der Waals surface area contributed by atoms with E-state index in [0.717, 1.165) is 102 Å². The molecule has 0 radical (unpaired) electrons. The van der Waals surface area contributed by atoms with Crippen LogP contribution in [-0.4, -0.2) is 48.6 Å². The highest BCUT2D eigenvalue weighted by molar-refractivity contribution is 6.30. The van der Waals surface area contributed by atoms with Crippen LogP contribution >= 0.6 is 0 Å². The quantitative estimate of drug-likeness (QED) is 0.134. The van der Waals surface area contributed by atoms with Gasteiger partial charge in [-0.2, -0.15) is 0 Å². The summed E-state index contributed by atoms with van der Waals surface area (Å²) >= 11 is 0. The third kappa shape index (κ3) is 12.7. The average Bonchev–Trinajstić information content (AvgIpc) is 1.53. The lowest BCUT2D eigenvalue weighted by molar-refractivity contribution is 0.664. The summed E-state index contributed by atoms with van der Waals surface area (Å²) in [7, 11) is 0. The number of hydrogen-bond acceptors (Lipinski definition) is 7. The Bertz CT molecular complexity index is 8740. The predicted molar refractivity (Wildman–Crippen MR) is 570 cm³/mol. The van der Waals surface area contributed by atoms with Crippen LogP contribution in [0.15, 0.2) is 438 Å². The first-order valence-corrected chi connectivity index (χ1v) is 47.5. The molecule has 10 heteroatoms. The zero-order valence-electron chi connectivity index (χ0n) is 77.0. The van der Waals surface area contributed by atoms with Crippen LogP contribution in [0.2, 0.25) is 0 Å². The summed E-state index contributed by atoms with van der Waals surface area (Å²) in [4.78, 5) is 33.5. The standard InChI is InChI=1S/C48H34N2.2C40H28N4/c1-48(2)40-23-13-11-21-38(40)44-36-19-9-10-20-37(36)45-39-22-12-14-24-43(39)50(47(45)46(44)48)35-27-25-31(26-28-35)34-29-41(32-15-5-3-6-16-32)49-42(30-34)33-17-7-4-8-18-33;1-40(2)30-17-7-5-15-28(30)36-26-13-3-4-14-27(26)37-29-16-6-8-20-35(29)44(39(37)38(36)40)25-23-33(31-18-9-11-21-41-31)43-34(24-25)32-19-10-12-22-42-32;1-40(2)32-17-7-5-15-30(32)36-28-13-3-4-14-29(28)37-31-16-6-8-18-35(31)44(39(37)38(36)40)27-21-33(25-11-9-19-41-23-25)43-34(22-27)26-12-10-20-42-24-26/h3-30H,1-2H3;2*3-24H,1-2H3. The van der Waals surface area contributed by atoms with Crippen molar-refractivity contribution in [3.05, 3.63) is 471 Å². The fourth-order valence-corrected chi connectivity index (χ4v) is 23.3. The molecule has 3 aliphatic rings. The minimum Gasteiger partial charge on any atom is -0.309 e. The van der Waals surface area contributed by atoms with Gasteiger partial charge in [-0.3, -0.25) is 19.9 Å². The van der Waals surface area contributed by atoms with E-state index in [-0.39, 0.29) is 16.2 Å². The highest BCUT2D eigenvalue weighted by Crippen LogP contribution is 2.61. The van der Waals surface area contributed by atoms with E-state index < -0.39 is 0 Å². The van der Waals surface area contributed by atoms with Crippen molar-refractivity contribution in [3.63, 3.8) is 0 Å². The fourth-order valence-electron chi connectivity index (χ4n) is 23.3. The Balaban J connectivity index is 0.000000107. The van der Waals surface area contributed by atoms with Gasteiger partial charge in [0.25, 0.3) is 0 Å². The minimum atomic E-state index is -0.207. The molecule has 25 aromatic rings. The Morgan fingerprint density at radius 2 is 0.500 bits per heavy atom. The molecule has 0 saturated heterocycles. The smallest absolute Gasteiger partial charge is 0.0915 e. The second-order valence-electron chi connectivity index (χ2n) is 38.1. The van der Waals surface area contributed by atoms with Crippen LogP contribution in [-0.2, 0) is 16.2 Å². The Hall–Kier alpha value is -17.5. The van der Waals surface area contributed by atoms with Gasteiger partial charge < -0.3 is 13.7 Å². The third-order valence-corrected chi connectivity index (χ3v) is 29.3. The summed E-state index contributed by atoms with van der Waals surface area (Å²) in [5, 5.41) is 15.5. The van der Waals surface area contributed by atoms with E-state index in [9.17, 15) is 0 Å². The van der Waals surface area contributed by atoms with Crippen molar-refractivity contribution < 1.29 is 0 Å². The fraction of sp³-hybridized carbons (Fsp3) is 0.0703.